The lowest BCUT2D eigenvalue weighted by Crippen LogP contribution is -2.30. The molecule has 0 aromatic rings. The Morgan fingerprint density at radius 3 is 1.09 bits per heavy atom. The van der Waals surface area contributed by atoms with Crippen LogP contribution in [0.2, 0.25) is 0 Å². The van der Waals surface area contributed by atoms with Crippen molar-refractivity contribution >= 4 is 5.97 Å². The largest absolute Gasteiger partial charge is 0.465 e. The topological polar surface area (TPSA) is 26.3 Å². The Labute approximate surface area is 222 Å². The minimum Gasteiger partial charge on any atom is -0.465 e. The third-order valence-electron chi connectivity index (χ3n) is 7.89. The minimum absolute atomic E-state index is 0.0879. The summed E-state index contributed by atoms with van der Waals surface area (Å²) in [6, 6.07) is 0. The van der Waals surface area contributed by atoms with E-state index >= 15 is 0 Å². The zero-order valence-corrected chi connectivity index (χ0v) is 24.9. The first-order valence-electron chi connectivity index (χ1n) is 16.3. The summed E-state index contributed by atoms with van der Waals surface area (Å²) in [5.41, 5.74) is -0.272. The molecule has 0 aliphatic rings. The van der Waals surface area contributed by atoms with Crippen LogP contribution in [-0.4, -0.2) is 12.6 Å². The van der Waals surface area contributed by atoms with E-state index in [9.17, 15) is 4.79 Å². The highest BCUT2D eigenvalue weighted by Crippen LogP contribution is 2.33. The SMILES string of the molecule is CCCCCCCCCCCCOC(=O)C(C)(CCCCCCCC)CCCCCCCCCC. The second kappa shape index (κ2) is 26.5. The molecule has 0 N–H and O–H groups in total. The van der Waals surface area contributed by atoms with Crippen molar-refractivity contribution < 1.29 is 9.53 Å². The quantitative estimate of drug-likeness (QED) is 0.0798. The van der Waals surface area contributed by atoms with Crippen LogP contribution >= 0.6 is 0 Å². The van der Waals surface area contributed by atoms with Crippen molar-refractivity contribution in [2.45, 2.75) is 195 Å². The summed E-state index contributed by atoms with van der Waals surface area (Å²) in [4.78, 5) is 13.1. The molecule has 2 heteroatoms. The molecule has 2 nitrogen and oxygen atoms in total. The van der Waals surface area contributed by atoms with Crippen LogP contribution in [0.5, 0.6) is 0 Å². The molecule has 0 spiro atoms. The molecule has 0 radical (unpaired) electrons. The predicted octanol–water partition coefficient (Wildman–Crippen LogP) is 11.7. The van der Waals surface area contributed by atoms with E-state index in [2.05, 4.69) is 27.7 Å². The summed E-state index contributed by atoms with van der Waals surface area (Å²) in [5, 5.41) is 0. The van der Waals surface area contributed by atoms with E-state index in [1.807, 2.05) is 0 Å². The van der Waals surface area contributed by atoms with E-state index in [-0.39, 0.29) is 11.4 Å². The molecule has 0 aliphatic heterocycles. The van der Waals surface area contributed by atoms with Crippen LogP contribution in [0.15, 0.2) is 0 Å². The van der Waals surface area contributed by atoms with Gasteiger partial charge < -0.3 is 4.74 Å². The minimum atomic E-state index is -0.272. The van der Waals surface area contributed by atoms with Crippen LogP contribution in [0.4, 0.5) is 0 Å². The lowest BCUT2D eigenvalue weighted by molar-refractivity contribution is -0.156. The Hall–Kier alpha value is -0.530. The Bertz CT molecular complexity index is 433. The van der Waals surface area contributed by atoms with Gasteiger partial charge in [-0.05, 0) is 26.2 Å². The van der Waals surface area contributed by atoms with E-state index in [1.54, 1.807) is 0 Å². The molecule has 210 valence electrons. The van der Waals surface area contributed by atoms with Crippen molar-refractivity contribution in [3.63, 3.8) is 0 Å². The van der Waals surface area contributed by atoms with Crippen molar-refractivity contribution in [3.8, 4) is 0 Å². The second-order valence-electron chi connectivity index (χ2n) is 11.6. The maximum absolute atomic E-state index is 13.1. The summed E-state index contributed by atoms with van der Waals surface area (Å²) < 4.78 is 5.86. The zero-order valence-electron chi connectivity index (χ0n) is 24.9. The third kappa shape index (κ3) is 22.4. The van der Waals surface area contributed by atoms with Gasteiger partial charge in [0.15, 0.2) is 0 Å². The molecule has 35 heavy (non-hydrogen) atoms. The fraction of sp³-hybridized carbons (Fsp3) is 0.970. The lowest BCUT2D eigenvalue weighted by atomic mass is 9.79. The van der Waals surface area contributed by atoms with Gasteiger partial charge in [0.2, 0.25) is 0 Å². The highest BCUT2D eigenvalue weighted by molar-refractivity contribution is 5.76. The normalized spacial score (nSPS) is 13.1. The number of rotatable bonds is 28. The monoisotopic (exact) mass is 495 g/mol. The number of hydrogen-bond donors (Lipinski definition) is 0. The van der Waals surface area contributed by atoms with E-state index in [1.165, 1.54) is 148 Å². The standard InChI is InChI=1S/C33H66O2/c1-5-8-11-14-17-19-20-22-25-28-31-35-32(34)33(4,29-26-23-16-13-10-7-3)30-27-24-21-18-15-12-9-6-2/h5-31H2,1-4H3. The lowest BCUT2D eigenvalue weighted by Gasteiger charge is -2.27. The molecule has 0 bridgehead atoms. The third-order valence-corrected chi connectivity index (χ3v) is 7.89. The van der Waals surface area contributed by atoms with Crippen molar-refractivity contribution in [2.24, 2.45) is 5.41 Å². The van der Waals surface area contributed by atoms with E-state index in [0.29, 0.717) is 6.61 Å². The van der Waals surface area contributed by atoms with Crippen LogP contribution in [0.25, 0.3) is 0 Å². The van der Waals surface area contributed by atoms with E-state index in [0.717, 1.165) is 19.3 Å². The fourth-order valence-corrected chi connectivity index (χ4v) is 5.20. The van der Waals surface area contributed by atoms with Gasteiger partial charge >= 0.3 is 5.97 Å². The second-order valence-corrected chi connectivity index (χ2v) is 11.6. The van der Waals surface area contributed by atoms with Crippen molar-refractivity contribution in [3.05, 3.63) is 0 Å². The maximum Gasteiger partial charge on any atom is 0.311 e. The van der Waals surface area contributed by atoms with Crippen molar-refractivity contribution in [1.29, 1.82) is 0 Å². The van der Waals surface area contributed by atoms with Gasteiger partial charge in [0, 0.05) is 0 Å². The molecule has 0 amide bonds. The molecule has 0 aliphatic carbocycles. The maximum atomic E-state index is 13.1. The fourth-order valence-electron chi connectivity index (χ4n) is 5.20. The summed E-state index contributed by atoms with van der Waals surface area (Å²) in [5.74, 6) is 0.0879. The first-order chi connectivity index (χ1) is 17.1. The molecule has 0 aromatic carbocycles. The van der Waals surface area contributed by atoms with Crippen molar-refractivity contribution in [1.82, 2.24) is 0 Å². The first kappa shape index (κ1) is 34.5. The smallest absolute Gasteiger partial charge is 0.311 e. The van der Waals surface area contributed by atoms with E-state index < -0.39 is 0 Å². The highest BCUT2D eigenvalue weighted by Gasteiger charge is 2.33. The first-order valence-corrected chi connectivity index (χ1v) is 16.3. The molecule has 0 saturated heterocycles. The number of carbonyl (C=O) groups is 1. The van der Waals surface area contributed by atoms with Crippen LogP contribution < -0.4 is 0 Å². The number of hydrogen-bond acceptors (Lipinski definition) is 2. The van der Waals surface area contributed by atoms with Crippen LogP contribution in [0.3, 0.4) is 0 Å². The van der Waals surface area contributed by atoms with Gasteiger partial charge in [-0.15, -0.1) is 0 Å². The highest BCUT2D eigenvalue weighted by atomic mass is 16.5. The van der Waals surface area contributed by atoms with Crippen molar-refractivity contribution in [2.75, 3.05) is 6.61 Å². The molecule has 0 aromatic heterocycles. The molecule has 0 saturated carbocycles. The van der Waals surface area contributed by atoms with Crippen LogP contribution in [-0.2, 0) is 9.53 Å². The summed E-state index contributed by atoms with van der Waals surface area (Å²) in [7, 11) is 0. The molecule has 0 heterocycles. The van der Waals surface area contributed by atoms with Gasteiger partial charge in [0.05, 0.1) is 12.0 Å². The summed E-state index contributed by atoms with van der Waals surface area (Å²) in [6.45, 7) is 9.65. The van der Waals surface area contributed by atoms with Crippen LogP contribution in [0, 0.1) is 5.41 Å². The molecule has 0 fully saturated rings. The summed E-state index contributed by atoms with van der Waals surface area (Å²) in [6.07, 6.45) is 33.5. The van der Waals surface area contributed by atoms with Gasteiger partial charge in [0.25, 0.3) is 0 Å². The molecule has 1 atom stereocenters. The van der Waals surface area contributed by atoms with Gasteiger partial charge in [0.1, 0.15) is 0 Å². The van der Waals surface area contributed by atoms with E-state index in [4.69, 9.17) is 4.74 Å². The van der Waals surface area contributed by atoms with Gasteiger partial charge in [-0.25, -0.2) is 0 Å². The number of esters is 1. The molecular weight excluding hydrogens is 428 g/mol. The average Bonchev–Trinajstić information content (AvgIpc) is 2.86. The average molecular weight is 495 g/mol. The molecule has 0 rings (SSSR count). The number of ether oxygens (including phenoxy) is 1. The Kier molecular flexibility index (Phi) is 26.1. The Balaban J connectivity index is 4.16. The summed E-state index contributed by atoms with van der Waals surface area (Å²) >= 11 is 0. The van der Waals surface area contributed by atoms with Crippen LogP contribution in [0.1, 0.15) is 195 Å². The number of carbonyl (C=O) groups excluding carboxylic acids is 1. The number of unbranched alkanes of at least 4 members (excludes halogenated alkanes) is 21. The van der Waals surface area contributed by atoms with Gasteiger partial charge in [-0.1, -0.05) is 168 Å². The zero-order chi connectivity index (χ0) is 25.9. The van der Waals surface area contributed by atoms with Gasteiger partial charge in [-0.3, -0.25) is 4.79 Å². The van der Waals surface area contributed by atoms with Gasteiger partial charge in [-0.2, -0.15) is 0 Å². The Morgan fingerprint density at radius 2 is 0.743 bits per heavy atom. The molecular formula is C33H66O2. The molecule has 1 unspecified atom stereocenters. The predicted molar refractivity (Wildman–Crippen MR) is 156 cm³/mol. The Morgan fingerprint density at radius 1 is 0.457 bits per heavy atom.